The molecule has 90 valence electrons. The molecule has 1 aliphatic rings. The monoisotopic (exact) mass is 243 g/mol. The molecular formula is C10H17N3O2S. The minimum Gasteiger partial charge on any atom is -0.484 e. The minimum atomic E-state index is -0.254. The van der Waals surface area contributed by atoms with Crippen LogP contribution in [0.2, 0.25) is 0 Å². The molecule has 0 spiro atoms. The molecule has 0 amide bonds. The Kier molecular flexibility index (Phi) is 3.20. The number of ether oxygens (including phenoxy) is 1. The highest BCUT2D eigenvalue weighted by atomic mass is 32.1. The lowest BCUT2D eigenvalue weighted by atomic mass is 10.3. The first-order chi connectivity index (χ1) is 7.58. The summed E-state index contributed by atoms with van der Waals surface area (Å²) in [5.74, 6) is 1.10. The van der Waals surface area contributed by atoms with Crippen molar-refractivity contribution >= 4 is 22.4 Å². The molecule has 0 radical (unpaired) electrons. The predicted octanol–water partition coefficient (Wildman–Crippen LogP) is 1.08. The Labute approximate surface area is 99.0 Å². The molecule has 6 heteroatoms. The fraction of sp³-hybridized carbons (Fsp3) is 0.700. The van der Waals surface area contributed by atoms with Crippen LogP contribution in [0, 0.1) is 0 Å². The normalized spacial score (nSPS) is 20.8. The van der Waals surface area contributed by atoms with Crippen LogP contribution in [0.15, 0.2) is 0 Å². The lowest BCUT2D eigenvalue weighted by molar-refractivity contribution is 0.198. The molecule has 3 N–H and O–H groups in total. The van der Waals surface area contributed by atoms with Crippen LogP contribution in [0.3, 0.4) is 0 Å². The first kappa shape index (κ1) is 11.5. The summed E-state index contributed by atoms with van der Waals surface area (Å²) in [6.45, 7) is 5.38. The van der Waals surface area contributed by atoms with Crippen LogP contribution in [0.4, 0.5) is 10.8 Å². The second-order valence-corrected chi connectivity index (χ2v) is 5.01. The third-order valence-corrected chi connectivity index (χ3v) is 3.37. The number of β-amino-alcohol motifs (C(OH)–C–C–N with tert-alkyl or cyclic N) is 1. The fourth-order valence-electron chi connectivity index (χ4n) is 1.76. The lowest BCUT2D eigenvalue weighted by Gasteiger charge is -2.18. The van der Waals surface area contributed by atoms with Crippen LogP contribution in [0.1, 0.15) is 20.3 Å². The van der Waals surface area contributed by atoms with E-state index in [1.807, 2.05) is 13.8 Å². The maximum absolute atomic E-state index is 9.51. The highest BCUT2D eigenvalue weighted by Gasteiger charge is 2.26. The number of hydrogen-bond acceptors (Lipinski definition) is 6. The Bertz CT molecular complexity index is 367. The standard InChI is InChI=1S/C10H17N3O2S/c1-6(2)15-8-9(11)12-16-10(8)13-4-3-7(14)5-13/h6-7,14H,3-5H2,1-2H3,(H2,11,12). The zero-order chi connectivity index (χ0) is 11.7. The summed E-state index contributed by atoms with van der Waals surface area (Å²) in [6, 6.07) is 0. The second-order valence-electron chi connectivity index (χ2n) is 4.26. The van der Waals surface area contributed by atoms with Crippen LogP contribution in [-0.2, 0) is 0 Å². The number of aliphatic hydroxyl groups is 1. The largest absolute Gasteiger partial charge is 0.484 e. The van der Waals surface area contributed by atoms with E-state index in [2.05, 4.69) is 9.27 Å². The van der Waals surface area contributed by atoms with Gasteiger partial charge in [-0.3, -0.25) is 0 Å². The summed E-state index contributed by atoms with van der Waals surface area (Å²) in [5, 5.41) is 10.4. The molecule has 0 saturated carbocycles. The zero-order valence-corrected chi connectivity index (χ0v) is 10.3. The van der Waals surface area contributed by atoms with Gasteiger partial charge in [0.15, 0.2) is 16.6 Å². The van der Waals surface area contributed by atoms with Crippen LogP contribution in [-0.4, -0.2) is 34.8 Å². The van der Waals surface area contributed by atoms with Crippen molar-refractivity contribution < 1.29 is 9.84 Å². The molecule has 1 atom stereocenters. The molecule has 1 aromatic rings. The zero-order valence-electron chi connectivity index (χ0n) is 9.51. The summed E-state index contributed by atoms with van der Waals surface area (Å²) >= 11 is 1.33. The molecular weight excluding hydrogens is 226 g/mol. The van der Waals surface area contributed by atoms with E-state index >= 15 is 0 Å². The molecule has 1 aromatic heterocycles. The van der Waals surface area contributed by atoms with Gasteiger partial charge in [0.2, 0.25) is 0 Å². The molecule has 1 aliphatic heterocycles. The van der Waals surface area contributed by atoms with Gasteiger partial charge >= 0.3 is 0 Å². The Morgan fingerprint density at radius 1 is 1.62 bits per heavy atom. The number of rotatable bonds is 3. The average molecular weight is 243 g/mol. The van der Waals surface area contributed by atoms with E-state index in [1.165, 1.54) is 11.5 Å². The first-order valence-electron chi connectivity index (χ1n) is 5.42. The smallest absolute Gasteiger partial charge is 0.198 e. The third kappa shape index (κ3) is 2.22. The molecule has 0 aromatic carbocycles. The quantitative estimate of drug-likeness (QED) is 0.831. The van der Waals surface area contributed by atoms with Gasteiger partial charge in [0.1, 0.15) is 0 Å². The van der Waals surface area contributed by atoms with Crippen LogP contribution < -0.4 is 15.4 Å². The van der Waals surface area contributed by atoms with E-state index in [1.54, 1.807) is 0 Å². The van der Waals surface area contributed by atoms with E-state index in [9.17, 15) is 5.11 Å². The maximum atomic E-state index is 9.51. The first-order valence-corrected chi connectivity index (χ1v) is 6.20. The Balaban J connectivity index is 2.20. The van der Waals surface area contributed by atoms with Gasteiger partial charge in [-0.05, 0) is 31.8 Å². The molecule has 0 aliphatic carbocycles. The van der Waals surface area contributed by atoms with E-state index in [-0.39, 0.29) is 12.2 Å². The number of aliphatic hydroxyl groups excluding tert-OH is 1. The Morgan fingerprint density at radius 2 is 2.38 bits per heavy atom. The number of aromatic nitrogens is 1. The van der Waals surface area contributed by atoms with Crippen molar-refractivity contribution in [2.75, 3.05) is 23.7 Å². The molecule has 2 heterocycles. The number of hydrogen-bond donors (Lipinski definition) is 2. The Morgan fingerprint density at radius 3 is 2.94 bits per heavy atom. The second kappa shape index (κ2) is 4.47. The van der Waals surface area contributed by atoms with Crippen molar-refractivity contribution in [2.24, 2.45) is 0 Å². The molecule has 1 saturated heterocycles. The highest BCUT2D eigenvalue weighted by molar-refractivity contribution is 7.11. The van der Waals surface area contributed by atoms with Crippen LogP contribution in [0.25, 0.3) is 0 Å². The molecule has 1 fully saturated rings. The van der Waals surface area contributed by atoms with Gasteiger partial charge in [-0.25, -0.2) is 0 Å². The summed E-state index contributed by atoms with van der Waals surface area (Å²) in [5.41, 5.74) is 5.78. The van der Waals surface area contributed by atoms with Crippen LogP contribution in [0.5, 0.6) is 5.75 Å². The van der Waals surface area contributed by atoms with Crippen LogP contribution >= 0.6 is 11.5 Å². The van der Waals surface area contributed by atoms with E-state index < -0.39 is 0 Å². The maximum Gasteiger partial charge on any atom is 0.198 e. The van der Waals surface area contributed by atoms with Gasteiger partial charge in [-0.2, -0.15) is 4.37 Å². The summed E-state index contributed by atoms with van der Waals surface area (Å²) in [4.78, 5) is 2.08. The SMILES string of the molecule is CC(C)Oc1c(N)nsc1N1CCC(O)C1. The van der Waals surface area contributed by atoms with Crippen molar-refractivity contribution in [1.29, 1.82) is 0 Å². The van der Waals surface area contributed by atoms with E-state index in [0.717, 1.165) is 18.0 Å². The van der Waals surface area contributed by atoms with Gasteiger partial charge in [0, 0.05) is 13.1 Å². The molecule has 1 unspecified atom stereocenters. The minimum absolute atomic E-state index is 0.0741. The summed E-state index contributed by atoms with van der Waals surface area (Å²) in [7, 11) is 0. The van der Waals surface area contributed by atoms with Crippen molar-refractivity contribution in [1.82, 2.24) is 4.37 Å². The van der Waals surface area contributed by atoms with E-state index in [4.69, 9.17) is 10.5 Å². The highest BCUT2D eigenvalue weighted by Crippen LogP contribution is 2.40. The van der Waals surface area contributed by atoms with Crippen molar-refractivity contribution in [2.45, 2.75) is 32.5 Å². The third-order valence-electron chi connectivity index (χ3n) is 2.46. The molecule has 0 bridgehead atoms. The lowest BCUT2D eigenvalue weighted by Crippen LogP contribution is -2.21. The van der Waals surface area contributed by atoms with Crippen molar-refractivity contribution in [3.05, 3.63) is 0 Å². The van der Waals surface area contributed by atoms with Crippen molar-refractivity contribution in [3.63, 3.8) is 0 Å². The Hall–Kier alpha value is -1.01. The molecule has 16 heavy (non-hydrogen) atoms. The number of nitrogens with zero attached hydrogens (tertiary/aromatic N) is 2. The van der Waals surface area contributed by atoms with Gasteiger partial charge in [0.25, 0.3) is 0 Å². The van der Waals surface area contributed by atoms with Gasteiger partial charge < -0.3 is 20.5 Å². The number of nitrogen functional groups attached to an aromatic ring is 1. The van der Waals surface area contributed by atoms with Crippen molar-refractivity contribution in [3.8, 4) is 5.75 Å². The number of anilines is 2. The summed E-state index contributed by atoms with van der Waals surface area (Å²) < 4.78 is 9.77. The topological polar surface area (TPSA) is 71.6 Å². The van der Waals surface area contributed by atoms with Gasteiger partial charge in [-0.1, -0.05) is 0 Å². The summed E-state index contributed by atoms with van der Waals surface area (Å²) in [6.07, 6.45) is 0.610. The van der Waals surface area contributed by atoms with Gasteiger partial charge in [-0.15, -0.1) is 0 Å². The average Bonchev–Trinajstić information content (AvgIpc) is 2.75. The van der Waals surface area contributed by atoms with E-state index in [0.29, 0.717) is 18.1 Å². The predicted molar refractivity (Wildman–Crippen MR) is 65.1 cm³/mol. The number of nitrogens with two attached hydrogens (primary N) is 1. The molecule has 2 rings (SSSR count). The molecule has 5 nitrogen and oxygen atoms in total. The fourth-order valence-corrected chi connectivity index (χ4v) is 2.54. The van der Waals surface area contributed by atoms with Gasteiger partial charge in [0.05, 0.1) is 12.2 Å².